The predicted octanol–water partition coefficient (Wildman–Crippen LogP) is 4.79. The van der Waals surface area contributed by atoms with Gasteiger partial charge in [0, 0.05) is 29.7 Å². The zero-order chi connectivity index (χ0) is 22.0. The number of piperidine rings is 1. The molecule has 1 aliphatic rings. The number of nitrogens with zero attached hydrogens (tertiary/aromatic N) is 1. The molecule has 0 saturated carbocycles. The molecule has 0 bridgehead atoms. The second kappa shape index (κ2) is 8.76. The number of benzene rings is 3. The normalized spacial score (nSPS) is 16.2. The lowest BCUT2D eigenvalue weighted by Gasteiger charge is -2.32. The smallest absolute Gasteiger partial charge is 0.254 e. The molecule has 0 unspecified atom stereocenters. The maximum atomic E-state index is 13.3. The summed E-state index contributed by atoms with van der Waals surface area (Å²) in [6.45, 7) is 2.72. The minimum atomic E-state index is -0.336. The number of aryl methyl sites for hydroxylation is 1. The summed E-state index contributed by atoms with van der Waals surface area (Å²) in [5, 5.41) is 4.61. The topological polar surface area (TPSA) is 58.6 Å². The molecule has 0 spiro atoms. The molecule has 1 heterocycles. The second-order valence-electron chi connectivity index (χ2n) is 7.90. The SMILES string of the molecule is COc1ccc(C(=O)N2CCC[C@@H](C(=O)Nc3ccc(F)cc3C)C2)c2ccccc12. The Balaban J connectivity index is 1.53. The van der Waals surface area contributed by atoms with Gasteiger partial charge in [0.25, 0.3) is 5.91 Å². The number of hydrogen-bond donors (Lipinski definition) is 1. The molecule has 3 aromatic rings. The van der Waals surface area contributed by atoms with Crippen molar-refractivity contribution in [3.63, 3.8) is 0 Å². The summed E-state index contributed by atoms with van der Waals surface area (Å²) < 4.78 is 18.8. The van der Waals surface area contributed by atoms with Crippen LogP contribution < -0.4 is 10.1 Å². The van der Waals surface area contributed by atoms with E-state index in [9.17, 15) is 14.0 Å². The molecule has 1 saturated heterocycles. The molecule has 0 aliphatic carbocycles. The molecule has 31 heavy (non-hydrogen) atoms. The maximum absolute atomic E-state index is 13.3. The van der Waals surface area contributed by atoms with Gasteiger partial charge in [-0.25, -0.2) is 4.39 Å². The Kier molecular flexibility index (Phi) is 5.89. The van der Waals surface area contributed by atoms with E-state index in [1.54, 1.807) is 37.1 Å². The third-order valence-corrected chi connectivity index (χ3v) is 5.86. The quantitative estimate of drug-likeness (QED) is 0.660. The molecule has 1 atom stereocenters. The van der Waals surface area contributed by atoms with Crippen molar-refractivity contribution in [1.82, 2.24) is 4.90 Å². The molecule has 5 nitrogen and oxygen atoms in total. The zero-order valence-corrected chi connectivity index (χ0v) is 17.7. The standard InChI is InChI=1S/C25H25FN2O3/c1-16-14-18(26)9-11-22(16)27-24(29)17-6-5-13-28(15-17)25(30)21-10-12-23(31-2)20-8-4-3-7-19(20)21/h3-4,7-12,14,17H,5-6,13,15H2,1-2H3,(H,27,29)/t17-/m1/s1. The van der Waals surface area contributed by atoms with Crippen LogP contribution in [0.25, 0.3) is 10.8 Å². The van der Waals surface area contributed by atoms with Crippen molar-refractivity contribution >= 4 is 28.3 Å². The molecule has 4 rings (SSSR count). The summed E-state index contributed by atoms with van der Waals surface area (Å²) in [6.07, 6.45) is 1.46. The van der Waals surface area contributed by atoms with E-state index in [1.807, 2.05) is 24.3 Å². The van der Waals surface area contributed by atoms with Crippen molar-refractivity contribution in [1.29, 1.82) is 0 Å². The Morgan fingerprint density at radius 2 is 1.87 bits per heavy atom. The monoisotopic (exact) mass is 420 g/mol. The van der Waals surface area contributed by atoms with Gasteiger partial charge in [0.2, 0.25) is 5.91 Å². The van der Waals surface area contributed by atoms with E-state index in [0.717, 1.165) is 22.9 Å². The van der Waals surface area contributed by atoms with Crippen molar-refractivity contribution in [2.75, 3.05) is 25.5 Å². The highest BCUT2D eigenvalue weighted by atomic mass is 19.1. The molecular weight excluding hydrogens is 395 g/mol. The summed E-state index contributed by atoms with van der Waals surface area (Å²) in [6, 6.07) is 15.5. The number of nitrogens with one attached hydrogen (secondary N) is 1. The number of carbonyl (C=O) groups is 2. The molecule has 0 radical (unpaired) electrons. The Bertz CT molecular complexity index is 1140. The predicted molar refractivity (Wildman–Crippen MR) is 119 cm³/mol. The molecule has 0 aromatic heterocycles. The van der Waals surface area contributed by atoms with Gasteiger partial charge in [-0.05, 0) is 61.0 Å². The number of rotatable bonds is 4. The number of hydrogen-bond acceptors (Lipinski definition) is 3. The molecule has 2 amide bonds. The minimum absolute atomic E-state index is 0.0886. The van der Waals surface area contributed by atoms with Crippen LogP contribution in [0.1, 0.15) is 28.8 Å². The minimum Gasteiger partial charge on any atom is -0.496 e. The maximum Gasteiger partial charge on any atom is 0.254 e. The van der Waals surface area contributed by atoms with Crippen LogP contribution in [0.3, 0.4) is 0 Å². The van der Waals surface area contributed by atoms with Gasteiger partial charge in [0.15, 0.2) is 0 Å². The highest BCUT2D eigenvalue weighted by Gasteiger charge is 2.30. The lowest BCUT2D eigenvalue weighted by Crippen LogP contribution is -2.43. The first-order chi connectivity index (χ1) is 15.0. The van der Waals surface area contributed by atoms with Gasteiger partial charge >= 0.3 is 0 Å². The van der Waals surface area contributed by atoms with Crippen LogP contribution in [-0.2, 0) is 4.79 Å². The van der Waals surface area contributed by atoms with Gasteiger partial charge in [-0.2, -0.15) is 0 Å². The van der Waals surface area contributed by atoms with Crippen molar-refractivity contribution < 1.29 is 18.7 Å². The molecule has 1 N–H and O–H groups in total. The summed E-state index contributed by atoms with van der Waals surface area (Å²) in [4.78, 5) is 27.9. The zero-order valence-electron chi connectivity index (χ0n) is 17.7. The van der Waals surface area contributed by atoms with Crippen LogP contribution >= 0.6 is 0 Å². The molecular formula is C25H25FN2O3. The summed E-state index contributed by atoms with van der Waals surface area (Å²) in [5.41, 5.74) is 1.87. The number of ether oxygens (including phenoxy) is 1. The van der Waals surface area contributed by atoms with E-state index in [0.29, 0.717) is 36.3 Å². The second-order valence-corrected chi connectivity index (χ2v) is 7.90. The summed E-state index contributed by atoms with van der Waals surface area (Å²) in [5.74, 6) is -0.165. The van der Waals surface area contributed by atoms with E-state index < -0.39 is 0 Å². The van der Waals surface area contributed by atoms with E-state index in [2.05, 4.69) is 5.32 Å². The van der Waals surface area contributed by atoms with Gasteiger partial charge in [0.05, 0.1) is 13.0 Å². The first-order valence-corrected chi connectivity index (χ1v) is 10.4. The number of carbonyl (C=O) groups excluding carboxylic acids is 2. The Morgan fingerprint density at radius 3 is 2.61 bits per heavy atom. The Hall–Kier alpha value is -3.41. The van der Waals surface area contributed by atoms with Crippen LogP contribution in [0.4, 0.5) is 10.1 Å². The lowest BCUT2D eigenvalue weighted by molar-refractivity contribution is -0.121. The van der Waals surface area contributed by atoms with Gasteiger partial charge in [-0.3, -0.25) is 9.59 Å². The third-order valence-electron chi connectivity index (χ3n) is 5.86. The molecule has 6 heteroatoms. The van der Waals surface area contributed by atoms with E-state index >= 15 is 0 Å². The van der Waals surface area contributed by atoms with E-state index in [1.165, 1.54) is 12.1 Å². The van der Waals surface area contributed by atoms with Crippen LogP contribution in [-0.4, -0.2) is 36.9 Å². The van der Waals surface area contributed by atoms with Crippen molar-refractivity contribution in [3.8, 4) is 5.75 Å². The average molecular weight is 420 g/mol. The van der Waals surface area contributed by atoms with Crippen LogP contribution in [0, 0.1) is 18.7 Å². The molecule has 3 aromatic carbocycles. The van der Waals surface area contributed by atoms with Gasteiger partial charge in [-0.15, -0.1) is 0 Å². The number of anilines is 1. The lowest BCUT2D eigenvalue weighted by atomic mass is 9.95. The first-order valence-electron chi connectivity index (χ1n) is 10.4. The van der Waals surface area contributed by atoms with E-state index in [-0.39, 0.29) is 23.5 Å². The summed E-state index contributed by atoms with van der Waals surface area (Å²) in [7, 11) is 1.61. The van der Waals surface area contributed by atoms with Crippen LogP contribution in [0.5, 0.6) is 5.75 Å². The van der Waals surface area contributed by atoms with Crippen molar-refractivity contribution in [2.24, 2.45) is 5.92 Å². The Labute approximate surface area is 180 Å². The highest BCUT2D eigenvalue weighted by Crippen LogP contribution is 2.30. The number of fused-ring (bicyclic) bond motifs is 1. The first kappa shape index (κ1) is 20.8. The molecule has 1 fully saturated rings. The average Bonchev–Trinajstić information content (AvgIpc) is 2.79. The molecule has 160 valence electrons. The number of methoxy groups -OCH3 is 1. The Morgan fingerprint density at radius 1 is 1.10 bits per heavy atom. The number of halogens is 1. The van der Waals surface area contributed by atoms with Gasteiger partial charge in [0.1, 0.15) is 11.6 Å². The van der Waals surface area contributed by atoms with Crippen molar-refractivity contribution in [3.05, 3.63) is 71.5 Å². The fourth-order valence-corrected chi connectivity index (χ4v) is 4.18. The largest absolute Gasteiger partial charge is 0.496 e. The number of likely N-dealkylation sites (tertiary alicyclic amines) is 1. The number of amides is 2. The highest BCUT2D eigenvalue weighted by molar-refractivity contribution is 6.08. The van der Waals surface area contributed by atoms with Gasteiger partial charge in [-0.1, -0.05) is 24.3 Å². The third kappa shape index (κ3) is 4.24. The van der Waals surface area contributed by atoms with Gasteiger partial charge < -0.3 is 15.0 Å². The molecule has 1 aliphatic heterocycles. The van der Waals surface area contributed by atoms with Crippen LogP contribution in [0.15, 0.2) is 54.6 Å². The fraction of sp³-hybridized carbons (Fsp3) is 0.280. The fourth-order valence-electron chi connectivity index (χ4n) is 4.18. The van der Waals surface area contributed by atoms with Crippen LogP contribution in [0.2, 0.25) is 0 Å². The van der Waals surface area contributed by atoms with E-state index in [4.69, 9.17) is 4.74 Å². The summed E-state index contributed by atoms with van der Waals surface area (Å²) >= 11 is 0. The van der Waals surface area contributed by atoms with Crippen molar-refractivity contribution in [2.45, 2.75) is 19.8 Å².